The van der Waals surface area contributed by atoms with Gasteiger partial charge in [0.2, 0.25) is 5.90 Å². The van der Waals surface area contributed by atoms with Gasteiger partial charge in [-0.3, -0.25) is 4.90 Å². The molecule has 2 rings (SSSR count). The summed E-state index contributed by atoms with van der Waals surface area (Å²) in [4.78, 5) is 17.9. The number of methoxy groups -OCH3 is 2. The molecule has 0 aromatic rings. The predicted molar refractivity (Wildman–Crippen MR) is 51.1 cm³/mol. The number of nitrogens with zero attached hydrogens (tertiary/aromatic N) is 2. The quantitative estimate of drug-likeness (QED) is 0.588. The Balaban J connectivity index is 2.10. The molecule has 0 aromatic carbocycles. The monoisotopic (exact) mass is 212 g/mol. The molecule has 0 spiro atoms. The Bertz CT molecular complexity index is 326. The number of carbonyl (C=O) groups excluding carboxylic acids is 1. The van der Waals surface area contributed by atoms with Crippen molar-refractivity contribution in [2.24, 2.45) is 11.1 Å². The average molecular weight is 212 g/mol. The summed E-state index contributed by atoms with van der Waals surface area (Å²) in [6, 6.07) is 0. The van der Waals surface area contributed by atoms with Crippen molar-refractivity contribution in [1.29, 1.82) is 0 Å². The molecular weight excluding hydrogens is 200 g/mol. The zero-order valence-electron chi connectivity index (χ0n) is 8.54. The van der Waals surface area contributed by atoms with E-state index in [-0.39, 0.29) is 12.0 Å². The Morgan fingerprint density at radius 2 is 2.47 bits per heavy atom. The highest BCUT2D eigenvalue weighted by atomic mass is 16.7. The van der Waals surface area contributed by atoms with Crippen molar-refractivity contribution < 1.29 is 19.1 Å². The first-order valence-corrected chi connectivity index (χ1v) is 4.57. The molecule has 1 amide bonds. The fourth-order valence-corrected chi connectivity index (χ4v) is 1.65. The van der Waals surface area contributed by atoms with Gasteiger partial charge in [0.25, 0.3) is 0 Å². The standard InChI is InChI=1S/C9H12N2O4/c1-13-8-6-5-11(9(12)14-2)4-3-7(6)15-10-8/h3-4,6-7H,5H2,1-2H3. The predicted octanol–water partition coefficient (Wildman–Crippen LogP) is 0.557. The summed E-state index contributed by atoms with van der Waals surface area (Å²) in [6.07, 6.45) is 2.87. The lowest BCUT2D eigenvalue weighted by Gasteiger charge is -2.26. The van der Waals surface area contributed by atoms with Gasteiger partial charge in [0.15, 0.2) is 6.10 Å². The van der Waals surface area contributed by atoms with E-state index in [1.165, 1.54) is 19.1 Å². The molecule has 0 saturated carbocycles. The lowest BCUT2D eigenvalue weighted by Crippen LogP contribution is -2.41. The molecule has 0 saturated heterocycles. The van der Waals surface area contributed by atoms with E-state index >= 15 is 0 Å². The Morgan fingerprint density at radius 1 is 1.67 bits per heavy atom. The Labute approximate surface area is 87.1 Å². The third-order valence-corrected chi connectivity index (χ3v) is 2.45. The first-order valence-electron chi connectivity index (χ1n) is 4.57. The third-order valence-electron chi connectivity index (χ3n) is 2.45. The lowest BCUT2D eigenvalue weighted by atomic mass is 10.00. The summed E-state index contributed by atoms with van der Waals surface area (Å²) in [7, 11) is 2.88. The van der Waals surface area contributed by atoms with Crippen molar-refractivity contribution in [2.75, 3.05) is 20.8 Å². The van der Waals surface area contributed by atoms with Crippen molar-refractivity contribution in [3.63, 3.8) is 0 Å². The molecule has 2 unspecified atom stereocenters. The number of rotatable bonds is 0. The molecule has 2 atom stereocenters. The summed E-state index contributed by atoms with van der Waals surface area (Å²) in [5.74, 6) is 0.470. The second-order valence-corrected chi connectivity index (χ2v) is 3.27. The molecule has 15 heavy (non-hydrogen) atoms. The first kappa shape index (κ1) is 9.82. The van der Waals surface area contributed by atoms with Crippen LogP contribution in [0.1, 0.15) is 0 Å². The summed E-state index contributed by atoms with van der Waals surface area (Å²) >= 11 is 0. The topological polar surface area (TPSA) is 60.4 Å². The summed E-state index contributed by atoms with van der Waals surface area (Å²) in [5.41, 5.74) is 0. The van der Waals surface area contributed by atoms with Crippen molar-refractivity contribution in [1.82, 2.24) is 4.90 Å². The Morgan fingerprint density at radius 3 is 3.13 bits per heavy atom. The number of ether oxygens (including phenoxy) is 2. The van der Waals surface area contributed by atoms with Crippen LogP contribution in [0.5, 0.6) is 0 Å². The highest BCUT2D eigenvalue weighted by molar-refractivity contribution is 5.82. The van der Waals surface area contributed by atoms with Crippen LogP contribution in [-0.4, -0.2) is 43.8 Å². The maximum absolute atomic E-state index is 11.3. The molecule has 0 fully saturated rings. The highest BCUT2D eigenvalue weighted by Gasteiger charge is 2.38. The molecular formula is C9H12N2O4. The van der Waals surface area contributed by atoms with Crippen LogP contribution >= 0.6 is 0 Å². The van der Waals surface area contributed by atoms with Crippen LogP contribution < -0.4 is 0 Å². The van der Waals surface area contributed by atoms with Crippen LogP contribution in [-0.2, 0) is 14.3 Å². The first-order chi connectivity index (χ1) is 7.26. The van der Waals surface area contributed by atoms with Gasteiger partial charge < -0.3 is 14.3 Å². The zero-order valence-corrected chi connectivity index (χ0v) is 8.54. The number of hydrogen-bond donors (Lipinski definition) is 0. The fraction of sp³-hybridized carbons (Fsp3) is 0.556. The maximum Gasteiger partial charge on any atom is 0.413 e. The maximum atomic E-state index is 11.3. The molecule has 0 aliphatic carbocycles. The normalized spacial score (nSPS) is 27.9. The van der Waals surface area contributed by atoms with E-state index in [1.807, 2.05) is 0 Å². The van der Waals surface area contributed by atoms with Gasteiger partial charge in [0.1, 0.15) is 0 Å². The summed E-state index contributed by atoms with van der Waals surface area (Å²) < 4.78 is 9.68. The number of fused-ring (bicyclic) bond motifs is 1. The number of hydrogen-bond acceptors (Lipinski definition) is 5. The van der Waals surface area contributed by atoms with Crippen molar-refractivity contribution in [3.05, 3.63) is 12.3 Å². The Hall–Kier alpha value is -1.72. The fourth-order valence-electron chi connectivity index (χ4n) is 1.65. The van der Waals surface area contributed by atoms with Gasteiger partial charge in [0, 0.05) is 12.7 Å². The van der Waals surface area contributed by atoms with Crippen molar-refractivity contribution in [2.45, 2.75) is 6.10 Å². The van der Waals surface area contributed by atoms with Crippen LogP contribution in [0.15, 0.2) is 17.4 Å². The molecule has 2 aliphatic heterocycles. The second kappa shape index (κ2) is 3.80. The van der Waals surface area contributed by atoms with Crippen LogP contribution in [0.3, 0.4) is 0 Å². The van der Waals surface area contributed by atoms with E-state index in [2.05, 4.69) is 9.89 Å². The lowest BCUT2D eigenvalue weighted by molar-refractivity contribution is 0.0754. The molecule has 2 heterocycles. The SMILES string of the molecule is COC(=O)N1C=CC2ON=C(OC)C2C1. The second-order valence-electron chi connectivity index (χ2n) is 3.27. The third kappa shape index (κ3) is 1.62. The molecule has 82 valence electrons. The van der Waals surface area contributed by atoms with E-state index in [4.69, 9.17) is 9.57 Å². The van der Waals surface area contributed by atoms with E-state index in [0.29, 0.717) is 12.4 Å². The van der Waals surface area contributed by atoms with Gasteiger partial charge in [-0.05, 0) is 6.08 Å². The van der Waals surface area contributed by atoms with Crippen LogP contribution in [0.2, 0.25) is 0 Å². The van der Waals surface area contributed by atoms with Crippen LogP contribution in [0, 0.1) is 5.92 Å². The largest absolute Gasteiger partial charge is 0.482 e. The molecule has 0 bridgehead atoms. The van der Waals surface area contributed by atoms with Crippen LogP contribution in [0.4, 0.5) is 4.79 Å². The van der Waals surface area contributed by atoms with Gasteiger partial charge >= 0.3 is 6.09 Å². The zero-order chi connectivity index (χ0) is 10.8. The van der Waals surface area contributed by atoms with E-state index in [0.717, 1.165) is 0 Å². The van der Waals surface area contributed by atoms with Crippen molar-refractivity contribution in [3.8, 4) is 0 Å². The number of amides is 1. The van der Waals surface area contributed by atoms with Crippen molar-refractivity contribution >= 4 is 12.0 Å². The molecule has 6 heteroatoms. The molecule has 0 N–H and O–H groups in total. The summed E-state index contributed by atoms with van der Waals surface area (Å²) in [6.45, 7) is 0.459. The van der Waals surface area contributed by atoms with E-state index in [9.17, 15) is 4.79 Å². The minimum atomic E-state index is -0.396. The van der Waals surface area contributed by atoms with Gasteiger partial charge in [-0.25, -0.2) is 4.79 Å². The number of carbonyl (C=O) groups is 1. The van der Waals surface area contributed by atoms with Crippen LogP contribution in [0.25, 0.3) is 0 Å². The number of oxime groups is 1. The van der Waals surface area contributed by atoms with Gasteiger partial charge in [0.05, 0.1) is 20.1 Å². The molecule has 2 aliphatic rings. The molecule has 0 radical (unpaired) electrons. The summed E-state index contributed by atoms with van der Waals surface area (Å²) in [5, 5.41) is 3.78. The van der Waals surface area contributed by atoms with E-state index in [1.54, 1.807) is 12.3 Å². The average Bonchev–Trinajstić information content (AvgIpc) is 2.69. The molecule has 0 aromatic heterocycles. The smallest absolute Gasteiger partial charge is 0.413 e. The van der Waals surface area contributed by atoms with Gasteiger partial charge in [-0.15, -0.1) is 0 Å². The highest BCUT2D eigenvalue weighted by Crippen LogP contribution is 2.25. The van der Waals surface area contributed by atoms with Gasteiger partial charge in [-0.2, -0.15) is 0 Å². The van der Waals surface area contributed by atoms with Gasteiger partial charge in [-0.1, -0.05) is 5.16 Å². The van der Waals surface area contributed by atoms with E-state index < -0.39 is 6.09 Å². The minimum Gasteiger partial charge on any atom is -0.482 e. The Kier molecular flexibility index (Phi) is 2.49. The minimum absolute atomic E-state index is 0.0425. The molecule has 6 nitrogen and oxygen atoms in total.